The number of sulfonamides is 1. The van der Waals surface area contributed by atoms with Gasteiger partial charge in [-0.05, 0) is 31.4 Å². The average molecular weight is 327 g/mol. The molecule has 0 amide bonds. The normalized spacial score (nSPS) is 28.9. The molecule has 3 unspecified atom stereocenters. The molecular weight excluding hydrogens is 306 g/mol. The van der Waals surface area contributed by atoms with Gasteiger partial charge in [-0.15, -0.1) is 0 Å². The van der Waals surface area contributed by atoms with Gasteiger partial charge >= 0.3 is 0 Å². The Hall–Kier alpha value is -1.15. The van der Waals surface area contributed by atoms with Gasteiger partial charge in [0.2, 0.25) is 10.0 Å². The first-order chi connectivity index (χ1) is 10.6. The van der Waals surface area contributed by atoms with Crippen LogP contribution in [0.5, 0.6) is 5.75 Å². The Balaban J connectivity index is 1.68. The van der Waals surface area contributed by atoms with Gasteiger partial charge in [0.15, 0.2) is 0 Å². The lowest BCUT2D eigenvalue weighted by atomic mass is 9.90. The molecule has 1 aromatic carbocycles. The van der Waals surface area contributed by atoms with Crippen molar-refractivity contribution < 1.29 is 22.6 Å². The van der Waals surface area contributed by atoms with Gasteiger partial charge in [-0.25, -0.2) is 13.1 Å². The van der Waals surface area contributed by atoms with Crippen LogP contribution in [0, 0.1) is 0 Å². The zero-order chi connectivity index (χ0) is 15.6. The Morgan fingerprint density at radius 2 is 1.95 bits per heavy atom. The molecule has 3 rings (SSSR count). The van der Waals surface area contributed by atoms with Crippen molar-refractivity contribution in [2.75, 3.05) is 20.3 Å². The summed E-state index contributed by atoms with van der Waals surface area (Å²) < 4.78 is 44.2. The van der Waals surface area contributed by atoms with Crippen LogP contribution in [0.15, 0.2) is 29.2 Å². The predicted octanol–water partition coefficient (Wildman–Crippen LogP) is 1.31. The molecular formula is C15H21NO5S. The van der Waals surface area contributed by atoms with Crippen molar-refractivity contribution in [3.8, 4) is 5.75 Å². The molecule has 6 nitrogen and oxygen atoms in total. The highest BCUT2D eigenvalue weighted by Gasteiger charge is 2.35. The van der Waals surface area contributed by atoms with Gasteiger partial charge in [-0.3, -0.25) is 0 Å². The molecule has 0 bridgehead atoms. The van der Waals surface area contributed by atoms with Gasteiger partial charge in [-0.1, -0.05) is 6.07 Å². The Labute approximate surface area is 130 Å². The number of methoxy groups -OCH3 is 1. The van der Waals surface area contributed by atoms with E-state index in [1.54, 1.807) is 18.2 Å². The molecule has 1 aromatic rings. The molecule has 0 aromatic heterocycles. The quantitative estimate of drug-likeness (QED) is 0.902. The molecule has 1 aliphatic heterocycles. The summed E-state index contributed by atoms with van der Waals surface area (Å²) in [5, 5.41) is 0. The maximum Gasteiger partial charge on any atom is 0.240 e. The van der Waals surface area contributed by atoms with E-state index in [-0.39, 0.29) is 23.1 Å². The molecule has 7 heteroatoms. The molecule has 0 spiro atoms. The second-order valence-electron chi connectivity index (χ2n) is 5.63. The first kappa shape index (κ1) is 15.7. The minimum Gasteiger partial charge on any atom is -0.497 e. The topological polar surface area (TPSA) is 73.9 Å². The van der Waals surface area contributed by atoms with Crippen LogP contribution >= 0.6 is 0 Å². The third-order valence-electron chi connectivity index (χ3n) is 4.15. The Morgan fingerprint density at radius 3 is 2.73 bits per heavy atom. The van der Waals surface area contributed by atoms with Crippen LogP contribution in [-0.4, -0.2) is 47.0 Å². The van der Waals surface area contributed by atoms with E-state index >= 15 is 0 Å². The van der Waals surface area contributed by atoms with Crippen molar-refractivity contribution in [2.24, 2.45) is 0 Å². The zero-order valence-corrected chi connectivity index (χ0v) is 13.3. The fourth-order valence-corrected chi connectivity index (χ4v) is 4.35. The van der Waals surface area contributed by atoms with Crippen molar-refractivity contribution in [1.82, 2.24) is 4.72 Å². The second kappa shape index (κ2) is 6.54. The van der Waals surface area contributed by atoms with Crippen LogP contribution < -0.4 is 9.46 Å². The van der Waals surface area contributed by atoms with Crippen molar-refractivity contribution in [3.05, 3.63) is 24.3 Å². The summed E-state index contributed by atoms with van der Waals surface area (Å²) in [6, 6.07) is 6.35. The van der Waals surface area contributed by atoms with Crippen molar-refractivity contribution in [2.45, 2.75) is 42.4 Å². The van der Waals surface area contributed by atoms with E-state index in [0.717, 1.165) is 12.8 Å². The summed E-state index contributed by atoms with van der Waals surface area (Å²) in [7, 11) is -2.04. The molecule has 2 aliphatic rings. The van der Waals surface area contributed by atoms with Gasteiger partial charge in [0.1, 0.15) is 5.75 Å². The molecule has 2 fully saturated rings. The van der Waals surface area contributed by atoms with Crippen LogP contribution in [0.3, 0.4) is 0 Å². The molecule has 1 saturated heterocycles. The first-order valence-corrected chi connectivity index (χ1v) is 8.96. The molecule has 1 N–H and O–H groups in total. The van der Waals surface area contributed by atoms with Gasteiger partial charge in [0.25, 0.3) is 0 Å². The zero-order valence-electron chi connectivity index (χ0n) is 12.5. The highest BCUT2D eigenvalue weighted by atomic mass is 32.2. The predicted molar refractivity (Wildman–Crippen MR) is 80.4 cm³/mol. The van der Waals surface area contributed by atoms with E-state index < -0.39 is 10.0 Å². The molecule has 3 atom stereocenters. The summed E-state index contributed by atoms with van der Waals surface area (Å²) in [6.45, 7) is 1.21. The number of hydrogen-bond acceptors (Lipinski definition) is 5. The molecule has 1 saturated carbocycles. The number of ether oxygens (including phenoxy) is 3. The van der Waals surface area contributed by atoms with Crippen LogP contribution in [0.2, 0.25) is 0 Å². The summed E-state index contributed by atoms with van der Waals surface area (Å²) in [6.07, 6.45) is 2.31. The second-order valence-corrected chi connectivity index (χ2v) is 7.34. The standard InChI is InChI=1S/C15H21NO5S/c1-19-12-3-2-4-13(10-12)22(17,18)16-11-5-6-14-15(9-11)21-8-7-20-14/h2-4,10-11,14-16H,5-9H2,1H3. The van der Waals surface area contributed by atoms with Gasteiger partial charge in [0.05, 0.1) is 37.4 Å². The molecule has 22 heavy (non-hydrogen) atoms. The van der Waals surface area contributed by atoms with Gasteiger partial charge in [0, 0.05) is 12.1 Å². The molecule has 1 aliphatic carbocycles. The maximum absolute atomic E-state index is 12.5. The number of benzene rings is 1. The lowest BCUT2D eigenvalue weighted by Crippen LogP contribution is -2.49. The summed E-state index contributed by atoms with van der Waals surface area (Å²) in [5.74, 6) is 0.524. The lowest BCUT2D eigenvalue weighted by Gasteiger charge is -2.38. The monoisotopic (exact) mass is 327 g/mol. The van der Waals surface area contributed by atoms with E-state index in [0.29, 0.717) is 25.4 Å². The largest absolute Gasteiger partial charge is 0.497 e. The van der Waals surface area contributed by atoms with E-state index in [2.05, 4.69) is 4.72 Å². The lowest BCUT2D eigenvalue weighted by molar-refractivity contribution is -0.156. The SMILES string of the molecule is COc1cccc(S(=O)(=O)NC2CCC3OCCOC3C2)c1. The van der Waals surface area contributed by atoms with Gasteiger partial charge in [-0.2, -0.15) is 0 Å². The molecule has 1 heterocycles. The number of fused-ring (bicyclic) bond motifs is 1. The van der Waals surface area contributed by atoms with E-state index in [9.17, 15) is 8.42 Å². The number of hydrogen-bond donors (Lipinski definition) is 1. The Kier molecular flexibility index (Phi) is 4.67. The average Bonchev–Trinajstić information content (AvgIpc) is 2.54. The molecule has 122 valence electrons. The maximum atomic E-state index is 12.5. The van der Waals surface area contributed by atoms with Crippen molar-refractivity contribution in [3.63, 3.8) is 0 Å². The first-order valence-electron chi connectivity index (χ1n) is 7.48. The molecule has 0 radical (unpaired) electrons. The van der Waals surface area contributed by atoms with E-state index in [1.807, 2.05) is 0 Å². The minimum absolute atomic E-state index is 0.0134. The highest BCUT2D eigenvalue weighted by Crippen LogP contribution is 2.28. The Bertz CT molecular complexity index is 618. The summed E-state index contributed by atoms with van der Waals surface area (Å²) in [4.78, 5) is 0.217. The van der Waals surface area contributed by atoms with E-state index in [4.69, 9.17) is 14.2 Å². The highest BCUT2D eigenvalue weighted by molar-refractivity contribution is 7.89. The summed E-state index contributed by atoms with van der Waals surface area (Å²) in [5.41, 5.74) is 0. The number of rotatable bonds is 4. The van der Waals surface area contributed by atoms with E-state index in [1.165, 1.54) is 13.2 Å². The fourth-order valence-electron chi connectivity index (χ4n) is 3.03. The van der Waals surface area contributed by atoms with Crippen LogP contribution in [0.4, 0.5) is 0 Å². The fraction of sp³-hybridized carbons (Fsp3) is 0.600. The Morgan fingerprint density at radius 1 is 1.18 bits per heavy atom. The van der Waals surface area contributed by atoms with Crippen molar-refractivity contribution >= 4 is 10.0 Å². The summed E-state index contributed by atoms with van der Waals surface area (Å²) >= 11 is 0. The van der Waals surface area contributed by atoms with Crippen molar-refractivity contribution in [1.29, 1.82) is 0 Å². The van der Waals surface area contributed by atoms with Crippen LogP contribution in [0.1, 0.15) is 19.3 Å². The third-order valence-corrected chi connectivity index (χ3v) is 5.67. The van der Waals surface area contributed by atoms with Crippen LogP contribution in [-0.2, 0) is 19.5 Å². The number of nitrogens with one attached hydrogen (secondary N) is 1. The smallest absolute Gasteiger partial charge is 0.240 e. The van der Waals surface area contributed by atoms with Gasteiger partial charge < -0.3 is 14.2 Å². The third kappa shape index (κ3) is 3.43. The minimum atomic E-state index is -3.56. The van der Waals surface area contributed by atoms with Crippen LogP contribution in [0.25, 0.3) is 0 Å².